The maximum absolute atomic E-state index is 13.0. The van der Waals surface area contributed by atoms with Gasteiger partial charge >= 0.3 is 5.97 Å². The molecule has 0 saturated carbocycles. The molecule has 0 aliphatic carbocycles. The van der Waals surface area contributed by atoms with Gasteiger partial charge in [-0.05, 0) is 30.2 Å². The number of nitrogens with one attached hydrogen (secondary N) is 2. The van der Waals surface area contributed by atoms with Gasteiger partial charge in [-0.25, -0.2) is 13.1 Å². The van der Waals surface area contributed by atoms with Gasteiger partial charge in [-0.1, -0.05) is 66.7 Å². The van der Waals surface area contributed by atoms with Crippen LogP contribution in [0.1, 0.15) is 22.8 Å². The molecule has 0 radical (unpaired) electrons. The van der Waals surface area contributed by atoms with Crippen molar-refractivity contribution in [3.63, 3.8) is 0 Å². The van der Waals surface area contributed by atoms with E-state index in [2.05, 4.69) is 10.0 Å². The van der Waals surface area contributed by atoms with E-state index in [1.54, 1.807) is 61.5 Å². The number of carbonyl (C=O) groups excluding carboxylic acids is 2. The van der Waals surface area contributed by atoms with Gasteiger partial charge in [0.2, 0.25) is 16.1 Å². The number of rotatable bonds is 10. The Balaban J connectivity index is 1.72. The quantitative estimate of drug-likeness (QED) is 0.241. The van der Waals surface area contributed by atoms with E-state index < -0.39 is 39.5 Å². The van der Waals surface area contributed by atoms with Crippen LogP contribution in [0.2, 0.25) is 0 Å². The Morgan fingerprint density at radius 2 is 1.67 bits per heavy atom. The average Bonchev–Trinajstić information content (AvgIpc) is 2.87. The number of nitro benzene ring substituents is 1. The van der Waals surface area contributed by atoms with Gasteiger partial charge in [-0.3, -0.25) is 19.7 Å². The summed E-state index contributed by atoms with van der Waals surface area (Å²) in [7, 11) is -3.97. The van der Waals surface area contributed by atoms with Gasteiger partial charge in [0.15, 0.2) is 0 Å². The Hall–Kier alpha value is -4.35. The smallest absolute Gasteiger partial charge is 0.322 e. The number of aryl methyl sites for hydroxylation is 1. The lowest BCUT2D eigenvalue weighted by Crippen LogP contribution is -2.33. The molecule has 11 heteroatoms. The molecule has 0 aliphatic heterocycles. The highest BCUT2D eigenvalue weighted by Crippen LogP contribution is 2.27. The number of amides is 1. The van der Waals surface area contributed by atoms with Crippen LogP contribution in [0.15, 0.2) is 84.3 Å². The second-order valence-corrected chi connectivity index (χ2v) is 9.28. The molecule has 0 aromatic heterocycles. The first-order chi connectivity index (χ1) is 17.1. The number of carbonyl (C=O) groups is 2. The van der Waals surface area contributed by atoms with Crippen LogP contribution in [-0.2, 0) is 24.3 Å². The molecule has 186 valence electrons. The van der Waals surface area contributed by atoms with E-state index in [0.717, 1.165) is 5.41 Å². The van der Waals surface area contributed by atoms with E-state index >= 15 is 0 Å². The number of hydrogen-bond acceptors (Lipinski definition) is 7. The maximum Gasteiger partial charge on any atom is 0.322 e. The van der Waals surface area contributed by atoms with Crippen molar-refractivity contribution in [3.05, 3.63) is 111 Å². The predicted octanol–water partition coefficient (Wildman–Crippen LogP) is 3.72. The summed E-state index contributed by atoms with van der Waals surface area (Å²) in [6.07, 6.45) is -0.119. The molecular formula is C25H23N3O7S. The van der Waals surface area contributed by atoms with Crippen molar-refractivity contribution >= 4 is 39.4 Å². The lowest BCUT2D eigenvalue weighted by molar-refractivity contribution is -0.384. The first-order valence-electron chi connectivity index (χ1n) is 10.7. The predicted molar refractivity (Wildman–Crippen MR) is 134 cm³/mol. The highest BCUT2D eigenvalue weighted by Gasteiger charge is 2.27. The molecule has 1 atom stereocenters. The Bertz CT molecular complexity index is 1380. The van der Waals surface area contributed by atoms with Gasteiger partial charge < -0.3 is 10.1 Å². The van der Waals surface area contributed by atoms with Crippen LogP contribution in [0.3, 0.4) is 0 Å². The summed E-state index contributed by atoms with van der Waals surface area (Å²) >= 11 is 0. The van der Waals surface area contributed by atoms with E-state index in [1.807, 2.05) is 0 Å². The topological polar surface area (TPSA) is 145 Å². The summed E-state index contributed by atoms with van der Waals surface area (Å²) in [6.45, 7) is 0.937. The number of hydrogen-bond donors (Lipinski definition) is 2. The van der Waals surface area contributed by atoms with Crippen LogP contribution in [0.5, 0.6) is 0 Å². The van der Waals surface area contributed by atoms with Crippen molar-refractivity contribution in [1.82, 2.24) is 4.72 Å². The van der Waals surface area contributed by atoms with Gasteiger partial charge in [-0.2, -0.15) is 0 Å². The van der Waals surface area contributed by atoms with Crippen molar-refractivity contribution in [2.45, 2.75) is 13.0 Å². The molecule has 0 fully saturated rings. The second kappa shape index (κ2) is 11.9. The fourth-order valence-corrected chi connectivity index (χ4v) is 3.86. The molecule has 0 unspecified atom stereocenters. The number of esters is 1. The average molecular weight is 510 g/mol. The molecule has 0 heterocycles. The summed E-state index contributed by atoms with van der Waals surface area (Å²) in [5, 5.41) is 14.7. The molecule has 0 aliphatic rings. The van der Waals surface area contributed by atoms with Crippen molar-refractivity contribution in [2.75, 3.05) is 11.9 Å². The molecule has 10 nitrogen and oxygen atoms in total. The number of anilines is 1. The molecule has 3 aromatic rings. The van der Waals surface area contributed by atoms with Crippen LogP contribution in [0.4, 0.5) is 11.4 Å². The Labute approximate surface area is 207 Å². The lowest BCUT2D eigenvalue weighted by Gasteiger charge is -2.18. The van der Waals surface area contributed by atoms with Crippen LogP contribution in [0, 0.1) is 17.0 Å². The van der Waals surface area contributed by atoms with Crippen LogP contribution in [0.25, 0.3) is 6.08 Å². The Morgan fingerprint density at radius 1 is 1.03 bits per heavy atom. The summed E-state index contributed by atoms with van der Waals surface area (Å²) in [5.41, 5.74) is 1.18. The Kier molecular flexibility index (Phi) is 8.66. The molecule has 3 rings (SSSR count). The van der Waals surface area contributed by atoms with Crippen LogP contribution >= 0.6 is 0 Å². The number of nitrogens with zero attached hydrogens (tertiary/aromatic N) is 1. The third-order valence-corrected chi connectivity index (χ3v) is 5.90. The van der Waals surface area contributed by atoms with E-state index in [-0.39, 0.29) is 11.4 Å². The minimum atomic E-state index is -3.97. The first kappa shape index (κ1) is 26.3. The maximum atomic E-state index is 13.0. The highest BCUT2D eigenvalue weighted by atomic mass is 32.2. The molecule has 2 N–H and O–H groups in total. The second-order valence-electron chi connectivity index (χ2n) is 7.63. The normalized spacial score (nSPS) is 12.1. The minimum absolute atomic E-state index is 0.0701. The summed E-state index contributed by atoms with van der Waals surface area (Å²) in [6, 6.07) is 21.0. The highest BCUT2D eigenvalue weighted by molar-refractivity contribution is 7.92. The van der Waals surface area contributed by atoms with E-state index in [4.69, 9.17) is 4.74 Å². The standard InChI is InChI=1S/C25H23N3O7S/c1-18-12-13-21(22(16-18)28(31)32)27-25(30)24(20-10-6-3-7-11-20)35-23(29)17-26-36(33,34)15-14-19-8-4-2-5-9-19/h2-16,24,26H,17H2,1H3,(H,27,30)/b15-14+/t24-/m1/s1. The zero-order valence-electron chi connectivity index (χ0n) is 19.2. The molecule has 3 aromatic carbocycles. The fourth-order valence-electron chi connectivity index (χ4n) is 3.11. The molecule has 1 amide bonds. The molecule has 36 heavy (non-hydrogen) atoms. The number of benzene rings is 3. The molecule has 0 bridgehead atoms. The third kappa shape index (κ3) is 7.58. The number of sulfonamides is 1. The van der Waals surface area contributed by atoms with Crippen molar-refractivity contribution in [3.8, 4) is 0 Å². The molecular weight excluding hydrogens is 486 g/mol. The largest absolute Gasteiger partial charge is 0.446 e. The Morgan fingerprint density at radius 3 is 2.31 bits per heavy atom. The van der Waals surface area contributed by atoms with Gasteiger partial charge in [0.25, 0.3) is 11.6 Å². The SMILES string of the molecule is Cc1ccc(NC(=O)[C@H](OC(=O)CNS(=O)(=O)/C=C/c2ccccc2)c2ccccc2)c([N+](=O)[O-])c1. The zero-order valence-corrected chi connectivity index (χ0v) is 20.0. The van der Waals surface area contributed by atoms with Crippen LogP contribution < -0.4 is 10.0 Å². The van der Waals surface area contributed by atoms with Crippen molar-refractivity contribution in [1.29, 1.82) is 0 Å². The summed E-state index contributed by atoms with van der Waals surface area (Å²) in [5.74, 6) is -1.86. The van der Waals surface area contributed by atoms with Gasteiger partial charge in [-0.15, -0.1) is 0 Å². The molecule has 0 spiro atoms. The van der Waals surface area contributed by atoms with Gasteiger partial charge in [0, 0.05) is 17.0 Å². The monoisotopic (exact) mass is 509 g/mol. The van der Waals surface area contributed by atoms with Crippen molar-refractivity contribution < 1.29 is 27.7 Å². The van der Waals surface area contributed by atoms with E-state index in [0.29, 0.717) is 16.7 Å². The number of nitro groups is 1. The summed E-state index contributed by atoms with van der Waals surface area (Å²) < 4.78 is 31.8. The van der Waals surface area contributed by atoms with E-state index in [1.165, 1.54) is 30.3 Å². The summed E-state index contributed by atoms with van der Waals surface area (Å²) in [4.78, 5) is 36.2. The minimum Gasteiger partial charge on any atom is -0.446 e. The van der Waals surface area contributed by atoms with Gasteiger partial charge in [0.05, 0.1) is 4.92 Å². The van der Waals surface area contributed by atoms with E-state index in [9.17, 15) is 28.1 Å². The number of ether oxygens (including phenoxy) is 1. The fraction of sp³-hybridized carbons (Fsp3) is 0.120. The molecule has 0 saturated heterocycles. The first-order valence-corrected chi connectivity index (χ1v) is 12.2. The van der Waals surface area contributed by atoms with Crippen LogP contribution in [-0.4, -0.2) is 31.8 Å². The van der Waals surface area contributed by atoms with Crippen molar-refractivity contribution in [2.24, 2.45) is 0 Å². The zero-order chi connectivity index (χ0) is 26.1. The van der Waals surface area contributed by atoms with Gasteiger partial charge in [0.1, 0.15) is 12.2 Å². The lowest BCUT2D eigenvalue weighted by atomic mass is 10.1. The third-order valence-electron chi connectivity index (χ3n) is 4.85.